The van der Waals surface area contributed by atoms with Gasteiger partial charge in [-0.25, -0.2) is 9.97 Å². The molecule has 0 saturated carbocycles. The van der Waals surface area contributed by atoms with Crippen LogP contribution in [0.3, 0.4) is 0 Å². The van der Waals surface area contributed by atoms with E-state index in [0.717, 1.165) is 22.1 Å². The number of halogens is 1. The van der Waals surface area contributed by atoms with Crippen molar-refractivity contribution in [3.05, 3.63) is 75.9 Å². The average molecular weight is 509 g/mol. The van der Waals surface area contributed by atoms with Crippen molar-refractivity contribution in [3.63, 3.8) is 0 Å². The normalized spacial score (nSPS) is 10.9. The molecule has 0 fully saturated rings. The van der Waals surface area contributed by atoms with Crippen molar-refractivity contribution in [2.24, 2.45) is 4.99 Å². The lowest BCUT2D eigenvalue weighted by Crippen LogP contribution is -2.36. The molecule has 3 aromatic rings. The number of nitrogens with zero attached hydrogens (tertiary/aromatic N) is 3. The van der Waals surface area contributed by atoms with Gasteiger partial charge < -0.3 is 15.4 Å². The zero-order valence-electron chi connectivity index (χ0n) is 15.9. The van der Waals surface area contributed by atoms with Gasteiger partial charge in [0.1, 0.15) is 11.6 Å². The molecule has 2 aromatic heterocycles. The molecule has 0 bridgehead atoms. The van der Waals surface area contributed by atoms with Crippen molar-refractivity contribution >= 4 is 41.3 Å². The summed E-state index contributed by atoms with van der Waals surface area (Å²) in [4.78, 5) is 14.1. The Kier molecular flexibility index (Phi) is 9.15. The predicted molar refractivity (Wildman–Crippen MR) is 124 cm³/mol. The second-order valence-electron chi connectivity index (χ2n) is 5.92. The van der Waals surface area contributed by atoms with E-state index in [1.807, 2.05) is 48.7 Å². The number of ether oxygens (including phenoxy) is 1. The minimum atomic E-state index is 0. The van der Waals surface area contributed by atoms with Crippen molar-refractivity contribution in [2.45, 2.75) is 26.6 Å². The van der Waals surface area contributed by atoms with Crippen LogP contribution in [0.1, 0.15) is 21.0 Å². The van der Waals surface area contributed by atoms with Crippen LogP contribution >= 0.6 is 35.3 Å². The summed E-state index contributed by atoms with van der Waals surface area (Å²) in [6.45, 7) is 3.83. The summed E-state index contributed by atoms with van der Waals surface area (Å²) >= 11 is 1.68. The van der Waals surface area contributed by atoms with Crippen LogP contribution < -0.4 is 15.4 Å². The highest BCUT2D eigenvalue weighted by Crippen LogP contribution is 2.12. The highest BCUT2D eigenvalue weighted by Gasteiger charge is 2.04. The summed E-state index contributed by atoms with van der Waals surface area (Å²) in [7, 11) is 1.75. The molecule has 0 aliphatic heterocycles. The molecule has 0 spiro atoms. The topological polar surface area (TPSA) is 71.4 Å². The van der Waals surface area contributed by atoms with Crippen LogP contribution in [0.25, 0.3) is 0 Å². The Morgan fingerprint density at radius 1 is 1.07 bits per heavy atom. The lowest BCUT2D eigenvalue weighted by atomic mass is 10.2. The number of hydrogen-bond acceptors (Lipinski definition) is 5. The number of benzene rings is 1. The predicted octanol–water partition coefficient (Wildman–Crippen LogP) is 3.91. The SMILES string of the molecule is CN=C(NCc1ccnc(OCc2ccccc2)c1)NCc1ncc(C)s1.I. The first-order chi connectivity index (χ1) is 13.2. The van der Waals surface area contributed by atoms with E-state index in [0.29, 0.717) is 25.6 Å². The van der Waals surface area contributed by atoms with Gasteiger partial charge in [-0.15, -0.1) is 35.3 Å². The Labute approximate surface area is 186 Å². The third kappa shape index (κ3) is 7.08. The molecule has 28 heavy (non-hydrogen) atoms. The number of thiazole rings is 1. The summed E-state index contributed by atoms with van der Waals surface area (Å²) < 4.78 is 5.78. The first-order valence-corrected chi connectivity index (χ1v) is 9.52. The second kappa shape index (κ2) is 11.6. The van der Waals surface area contributed by atoms with Gasteiger partial charge in [0.2, 0.25) is 5.88 Å². The molecule has 1 aromatic carbocycles. The van der Waals surface area contributed by atoms with Gasteiger partial charge >= 0.3 is 0 Å². The monoisotopic (exact) mass is 509 g/mol. The standard InChI is InChI=1S/C20H23N5OS.HI/c1-15-11-23-19(27-15)13-25-20(21-2)24-12-17-8-9-22-18(10-17)26-14-16-6-4-3-5-7-16;/h3-11H,12-14H2,1-2H3,(H2,21,24,25);1H. The maximum atomic E-state index is 5.78. The van der Waals surface area contributed by atoms with Crippen LogP contribution in [0.2, 0.25) is 0 Å². The van der Waals surface area contributed by atoms with Gasteiger partial charge in [0.15, 0.2) is 5.96 Å². The maximum Gasteiger partial charge on any atom is 0.213 e. The Bertz CT molecular complexity index is 885. The summed E-state index contributed by atoms with van der Waals surface area (Å²) in [5, 5.41) is 7.60. The van der Waals surface area contributed by atoms with Crippen LogP contribution in [-0.4, -0.2) is 23.0 Å². The van der Waals surface area contributed by atoms with E-state index in [2.05, 4.69) is 32.5 Å². The minimum Gasteiger partial charge on any atom is -0.473 e. The zero-order chi connectivity index (χ0) is 18.9. The van der Waals surface area contributed by atoms with Crippen LogP contribution in [0, 0.1) is 6.92 Å². The van der Waals surface area contributed by atoms with Crippen LogP contribution in [0.5, 0.6) is 5.88 Å². The van der Waals surface area contributed by atoms with Gasteiger partial charge in [-0.3, -0.25) is 4.99 Å². The van der Waals surface area contributed by atoms with Gasteiger partial charge in [0, 0.05) is 36.9 Å². The fourth-order valence-corrected chi connectivity index (χ4v) is 3.15. The molecular weight excluding hydrogens is 485 g/mol. The Morgan fingerprint density at radius 2 is 1.86 bits per heavy atom. The molecule has 8 heteroatoms. The lowest BCUT2D eigenvalue weighted by Gasteiger charge is -2.12. The number of nitrogens with one attached hydrogen (secondary N) is 2. The summed E-state index contributed by atoms with van der Waals surface area (Å²) in [6, 6.07) is 13.9. The van der Waals surface area contributed by atoms with Crippen molar-refractivity contribution < 1.29 is 4.74 Å². The molecule has 0 aliphatic rings. The molecule has 0 radical (unpaired) electrons. The molecule has 6 nitrogen and oxygen atoms in total. The third-order valence-electron chi connectivity index (χ3n) is 3.79. The van der Waals surface area contributed by atoms with Gasteiger partial charge in [0.05, 0.1) is 6.54 Å². The van der Waals surface area contributed by atoms with Gasteiger partial charge in [0.25, 0.3) is 0 Å². The number of aryl methyl sites for hydroxylation is 1. The highest BCUT2D eigenvalue weighted by molar-refractivity contribution is 14.0. The van der Waals surface area contributed by atoms with E-state index in [-0.39, 0.29) is 24.0 Å². The number of rotatable bonds is 7. The molecule has 0 amide bonds. The first-order valence-electron chi connectivity index (χ1n) is 8.70. The van der Waals surface area contributed by atoms with Crippen molar-refractivity contribution in [2.75, 3.05) is 7.05 Å². The number of hydrogen-bond donors (Lipinski definition) is 2. The molecule has 3 rings (SSSR count). The molecule has 2 heterocycles. The zero-order valence-corrected chi connectivity index (χ0v) is 19.0. The van der Waals surface area contributed by atoms with Crippen molar-refractivity contribution in [1.82, 2.24) is 20.6 Å². The molecular formula is C20H24IN5OS. The minimum absolute atomic E-state index is 0. The van der Waals surface area contributed by atoms with E-state index in [1.165, 1.54) is 4.88 Å². The summed E-state index contributed by atoms with van der Waals surface area (Å²) in [5.41, 5.74) is 2.19. The van der Waals surface area contributed by atoms with E-state index in [1.54, 1.807) is 24.6 Å². The number of guanidine groups is 1. The molecule has 0 atom stereocenters. The van der Waals surface area contributed by atoms with Crippen molar-refractivity contribution in [3.8, 4) is 5.88 Å². The fraction of sp³-hybridized carbons (Fsp3) is 0.250. The Balaban J connectivity index is 0.00000280. The Hall–Kier alpha value is -2.20. The number of aromatic nitrogens is 2. The largest absolute Gasteiger partial charge is 0.473 e. The number of pyridine rings is 1. The second-order valence-corrected chi connectivity index (χ2v) is 7.24. The third-order valence-corrected chi connectivity index (χ3v) is 4.70. The van der Waals surface area contributed by atoms with Crippen LogP contribution in [-0.2, 0) is 19.7 Å². The smallest absolute Gasteiger partial charge is 0.213 e. The molecule has 2 N–H and O–H groups in total. The van der Waals surface area contributed by atoms with Gasteiger partial charge in [-0.2, -0.15) is 0 Å². The summed E-state index contributed by atoms with van der Waals surface area (Å²) in [6.07, 6.45) is 3.64. The molecule has 148 valence electrons. The number of aliphatic imine (C=N–C) groups is 1. The van der Waals surface area contributed by atoms with E-state index >= 15 is 0 Å². The molecule has 0 unspecified atom stereocenters. The highest BCUT2D eigenvalue weighted by atomic mass is 127. The van der Waals surface area contributed by atoms with E-state index in [4.69, 9.17) is 4.74 Å². The molecule has 0 aliphatic carbocycles. The average Bonchev–Trinajstić information content (AvgIpc) is 3.13. The van der Waals surface area contributed by atoms with E-state index in [9.17, 15) is 0 Å². The van der Waals surface area contributed by atoms with Crippen LogP contribution in [0.15, 0.2) is 59.9 Å². The van der Waals surface area contributed by atoms with E-state index < -0.39 is 0 Å². The first kappa shape index (κ1) is 22.1. The quantitative estimate of drug-likeness (QED) is 0.287. The Morgan fingerprint density at radius 3 is 2.57 bits per heavy atom. The lowest BCUT2D eigenvalue weighted by molar-refractivity contribution is 0.293. The van der Waals surface area contributed by atoms with Crippen LogP contribution in [0.4, 0.5) is 0 Å². The fourth-order valence-electron chi connectivity index (χ4n) is 2.42. The maximum absolute atomic E-state index is 5.78. The van der Waals surface area contributed by atoms with Crippen molar-refractivity contribution in [1.29, 1.82) is 0 Å². The van der Waals surface area contributed by atoms with Gasteiger partial charge in [-0.05, 0) is 24.1 Å². The van der Waals surface area contributed by atoms with Gasteiger partial charge in [-0.1, -0.05) is 30.3 Å². The summed E-state index contributed by atoms with van der Waals surface area (Å²) in [5.74, 6) is 1.34. The molecule has 0 saturated heterocycles.